The van der Waals surface area contributed by atoms with E-state index < -0.39 is 11.2 Å². The lowest BCUT2D eigenvalue weighted by atomic mass is 9.97. The summed E-state index contributed by atoms with van der Waals surface area (Å²) in [6.45, 7) is 6.01. The molecule has 0 saturated carbocycles. The van der Waals surface area contributed by atoms with Crippen molar-refractivity contribution in [1.29, 1.82) is 0 Å². The van der Waals surface area contributed by atoms with Crippen LogP contribution in [-0.2, 0) is 16.1 Å². The van der Waals surface area contributed by atoms with Crippen LogP contribution in [0.1, 0.15) is 32.8 Å². The van der Waals surface area contributed by atoms with Gasteiger partial charge in [0.2, 0.25) is 0 Å². The lowest BCUT2D eigenvalue weighted by Gasteiger charge is -2.26. The first kappa shape index (κ1) is 22.6. The molecule has 170 valence electrons. The Hall–Kier alpha value is -3.64. The zero-order valence-corrected chi connectivity index (χ0v) is 19.0. The minimum atomic E-state index is -0.428. The number of benzene rings is 3. The highest BCUT2D eigenvalue weighted by molar-refractivity contribution is 6.05. The van der Waals surface area contributed by atoms with Crippen LogP contribution in [0.25, 0.3) is 21.7 Å². The van der Waals surface area contributed by atoms with Crippen molar-refractivity contribution in [2.45, 2.75) is 39.3 Å². The van der Waals surface area contributed by atoms with Crippen molar-refractivity contribution in [3.8, 4) is 5.75 Å². The van der Waals surface area contributed by atoms with Gasteiger partial charge >= 0.3 is 5.63 Å². The molecule has 0 amide bonds. The first-order chi connectivity index (χ1) is 15.8. The van der Waals surface area contributed by atoms with Gasteiger partial charge in [0.05, 0.1) is 12.0 Å². The maximum absolute atomic E-state index is 12.7. The van der Waals surface area contributed by atoms with Crippen molar-refractivity contribution in [3.63, 3.8) is 0 Å². The second-order valence-corrected chi connectivity index (χ2v) is 8.79. The van der Waals surface area contributed by atoms with Gasteiger partial charge in [-0.05, 0) is 50.6 Å². The molecule has 33 heavy (non-hydrogen) atoms. The number of Topliss-reactive ketones (excluding diaryl/α,β-unsaturated/α-hetero) is 1. The molecule has 3 aromatic carbocycles. The zero-order chi connectivity index (χ0) is 23.4. The van der Waals surface area contributed by atoms with Gasteiger partial charge in [0.25, 0.3) is 0 Å². The largest absolute Gasteiger partial charge is 0.467 e. The van der Waals surface area contributed by atoms with E-state index in [1.165, 1.54) is 0 Å². The summed E-state index contributed by atoms with van der Waals surface area (Å²) >= 11 is 0. The van der Waals surface area contributed by atoms with E-state index in [-0.39, 0.29) is 12.6 Å². The molecule has 0 unspecified atom stereocenters. The lowest BCUT2D eigenvalue weighted by molar-refractivity contribution is -0.117. The first-order valence-electron chi connectivity index (χ1n) is 10.8. The number of hydrogen-bond donors (Lipinski definition) is 1. The molecule has 0 aliphatic rings. The molecule has 0 bridgehead atoms. The van der Waals surface area contributed by atoms with Crippen molar-refractivity contribution < 1.29 is 18.7 Å². The number of hydrogen-bond acceptors (Lipinski definition) is 6. The van der Waals surface area contributed by atoms with Gasteiger partial charge in [0.15, 0.2) is 6.79 Å². The third-order valence-electron chi connectivity index (χ3n) is 5.28. The quantitative estimate of drug-likeness (QED) is 0.155. The van der Waals surface area contributed by atoms with E-state index in [2.05, 4.69) is 5.32 Å². The lowest BCUT2D eigenvalue weighted by Crippen LogP contribution is -2.33. The number of ketones is 1. The molecular weight excluding hydrogens is 418 g/mol. The number of fused-ring (bicyclic) bond motifs is 3. The van der Waals surface area contributed by atoms with Gasteiger partial charge in [0.1, 0.15) is 17.1 Å². The molecule has 0 saturated heterocycles. The molecule has 1 aromatic heterocycles. The van der Waals surface area contributed by atoms with E-state index in [4.69, 9.17) is 13.9 Å². The molecule has 0 fully saturated rings. The third kappa shape index (κ3) is 5.59. The Labute approximate surface area is 192 Å². The van der Waals surface area contributed by atoms with E-state index in [0.29, 0.717) is 29.7 Å². The van der Waals surface area contributed by atoms with Crippen LogP contribution in [0.5, 0.6) is 5.75 Å². The van der Waals surface area contributed by atoms with Crippen LogP contribution in [-0.4, -0.2) is 18.1 Å². The van der Waals surface area contributed by atoms with Gasteiger partial charge in [0, 0.05) is 34.5 Å². The van der Waals surface area contributed by atoms with Gasteiger partial charge in [-0.25, -0.2) is 4.79 Å². The van der Waals surface area contributed by atoms with Gasteiger partial charge in [-0.1, -0.05) is 36.4 Å². The van der Waals surface area contributed by atoms with Gasteiger partial charge < -0.3 is 19.2 Å². The van der Waals surface area contributed by atoms with E-state index in [0.717, 1.165) is 22.0 Å². The molecule has 0 spiro atoms. The van der Waals surface area contributed by atoms with E-state index >= 15 is 0 Å². The predicted molar refractivity (Wildman–Crippen MR) is 130 cm³/mol. The smallest absolute Gasteiger partial charge is 0.344 e. The maximum Gasteiger partial charge on any atom is 0.344 e. The monoisotopic (exact) mass is 445 g/mol. The van der Waals surface area contributed by atoms with Crippen LogP contribution in [0.2, 0.25) is 0 Å². The van der Waals surface area contributed by atoms with Crippen LogP contribution in [0.4, 0.5) is 5.69 Å². The highest BCUT2D eigenvalue weighted by atomic mass is 16.7. The molecule has 4 aromatic rings. The van der Waals surface area contributed by atoms with Gasteiger partial charge in [-0.3, -0.25) is 4.79 Å². The Kier molecular flexibility index (Phi) is 6.47. The summed E-state index contributed by atoms with van der Waals surface area (Å²) in [5.74, 6) is 0.657. The Morgan fingerprint density at radius 2 is 1.73 bits per heavy atom. The van der Waals surface area contributed by atoms with Crippen LogP contribution in [0.3, 0.4) is 0 Å². The Morgan fingerprint density at radius 3 is 2.48 bits per heavy atom. The average Bonchev–Trinajstić information content (AvgIpc) is 2.76. The highest BCUT2D eigenvalue weighted by Crippen LogP contribution is 2.29. The van der Waals surface area contributed by atoms with Crippen molar-refractivity contribution >= 4 is 33.2 Å². The van der Waals surface area contributed by atoms with Crippen LogP contribution in [0.15, 0.2) is 75.9 Å². The summed E-state index contributed by atoms with van der Waals surface area (Å²) < 4.78 is 16.8. The standard InChI is InChI=1S/C27H27NO5/c1-18(29)15-27(2,3)28-20-9-11-22-23-12-10-21(14-25(23)33-26(30)24(22)13-20)32-17-31-16-19-7-5-4-6-8-19/h4-14,28H,15-17H2,1-3H3. The minimum absolute atomic E-state index is 0.0866. The first-order valence-corrected chi connectivity index (χ1v) is 10.8. The minimum Gasteiger partial charge on any atom is -0.467 e. The molecule has 1 heterocycles. The molecule has 6 heteroatoms. The van der Waals surface area contributed by atoms with Gasteiger partial charge in [-0.2, -0.15) is 0 Å². The van der Waals surface area contributed by atoms with Gasteiger partial charge in [-0.15, -0.1) is 0 Å². The third-order valence-corrected chi connectivity index (χ3v) is 5.28. The number of ether oxygens (including phenoxy) is 2. The second kappa shape index (κ2) is 9.46. The summed E-state index contributed by atoms with van der Waals surface area (Å²) in [7, 11) is 0. The molecule has 0 atom stereocenters. The van der Waals surface area contributed by atoms with Crippen molar-refractivity contribution in [3.05, 3.63) is 82.7 Å². The molecule has 0 aliphatic carbocycles. The molecule has 0 radical (unpaired) electrons. The number of anilines is 1. The number of carbonyl (C=O) groups excluding carboxylic acids is 1. The normalized spacial score (nSPS) is 11.6. The van der Waals surface area contributed by atoms with Crippen LogP contribution in [0, 0.1) is 0 Å². The molecule has 0 aliphatic heterocycles. The molecular formula is C27H27NO5. The van der Waals surface area contributed by atoms with E-state index in [9.17, 15) is 9.59 Å². The second-order valence-electron chi connectivity index (χ2n) is 8.79. The summed E-state index contributed by atoms with van der Waals surface area (Å²) in [6.07, 6.45) is 0.384. The maximum atomic E-state index is 12.7. The molecule has 6 nitrogen and oxygen atoms in total. The van der Waals surface area contributed by atoms with Crippen LogP contribution >= 0.6 is 0 Å². The fourth-order valence-electron chi connectivity index (χ4n) is 3.98. The number of rotatable bonds is 9. The topological polar surface area (TPSA) is 77.8 Å². The zero-order valence-electron chi connectivity index (χ0n) is 19.0. The molecule has 4 rings (SSSR count). The van der Waals surface area contributed by atoms with E-state index in [1.54, 1.807) is 19.1 Å². The fourth-order valence-corrected chi connectivity index (χ4v) is 3.98. The fraction of sp³-hybridized carbons (Fsp3) is 0.259. The summed E-state index contributed by atoms with van der Waals surface area (Å²) in [4.78, 5) is 24.2. The number of nitrogens with one attached hydrogen (secondary N) is 1. The van der Waals surface area contributed by atoms with Crippen molar-refractivity contribution in [1.82, 2.24) is 0 Å². The Morgan fingerprint density at radius 1 is 0.970 bits per heavy atom. The van der Waals surface area contributed by atoms with E-state index in [1.807, 2.05) is 68.4 Å². The Bertz CT molecular complexity index is 1340. The molecule has 1 N–H and O–H groups in total. The van der Waals surface area contributed by atoms with Crippen molar-refractivity contribution in [2.75, 3.05) is 12.1 Å². The average molecular weight is 446 g/mol. The summed E-state index contributed by atoms with van der Waals surface area (Å²) in [5.41, 5.74) is 1.42. The summed E-state index contributed by atoms with van der Waals surface area (Å²) in [5, 5.41) is 5.42. The number of carbonyl (C=O) groups is 1. The van der Waals surface area contributed by atoms with Crippen LogP contribution < -0.4 is 15.7 Å². The summed E-state index contributed by atoms with van der Waals surface area (Å²) in [6, 6.07) is 20.8. The SMILES string of the molecule is CC(=O)CC(C)(C)Nc1ccc2c(c1)c(=O)oc1cc(OCOCc3ccccc3)ccc12. The highest BCUT2D eigenvalue weighted by Gasteiger charge is 2.20. The Balaban J connectivity index is 1.52. The predicted octanol–water partition coefficient (Wildman–Crippen LogP) is 5.67. The van der Waals surface area contributed by atoms with Crippen molar-refractivity contribution in [2.24, 2.45) is 0 Å².